The number of amides is 5. The molecule has 3 aromatic rings. The van der Waals surface area contributed by atoms with Crippen LogP contribution in [0.4, 0.5) is 21.9 Å². The third kappa shape index (κ3) is 10.3. The number of carbonyl (C=O) groups is 5. The summed E-state index contributed by atoms with van der Waals surface area (Å²) in [7, 11) is 3.05. The van der Waals surface area contributed by atoms with Crippen LogP contribution in [0.1, 0.15) is 116 Å². The number of carbonyl (C=O) groups excluding carboxylic acids is 5. The van der Waals surface area contributed by atoms with Crippen LogP contribution in [0.5, 0.6) is 0 Å². The topological polar surface area (TPSA) is 152 Å². The van der Waals surface area contributed by atoms with Crippen LogP contribution in [0.2, 0.25) is 0 Å². The maximum atomic E-state index is 13.7. The van der Waals surface area contributed by atoms with Crippen molar-refractivity contribution in [3.05, 3.63) is 89.5 Å². The fraction of sp³-hybridized carbons (Fsp3) is 0.531. The van der Waals surface area contributed by atoms with E-state index in [1.807, 2.05) is 52.0 Å². The monoisotopic (exact) mass is 850 g/mol. The summed E-state index contributed by atoms with van der Waals surface area (Å²) in [5.41, 5.74) is 5.97. The molecule has 6 atom stereocenters. The Labute approximate surface area is 367 Å². The van der Waals surface area contributed by atoms with Crippen molar-refractivity contribution >= 4 is 46.8 Å². The second-order valence-corrected chi connectivity index (χ2v) is 18.8. The number of rotatable bonds is 13. The Morgan fingerprint density at radius 3 is 1.45 bits per heavy atom. The highest BCUT2D eigenvalue weighted by molar-refractivity contribution is 5.99. The number of alkyl carbamates (subject to hydrolysis) is 1. The van der Waals surface area contributed by atoms with Gasteiger partial charge in [-0.3, -0.25) is 19.2 Å². The first-order valence-electron chi connectivity index (χ1n) is 22.4. The molecule has 3 saturated heterocycles. The van der Waals surface area contributed by atoms with Gasteiger partial charge in [0.15, 0.2) is 0 Å². The lowest BCUT2D eigenvalue weighted by Crippen LogP contribution is -2.54. The van der Waals surface area contributed by atoms with E-state index >= 15 is 0 Å². The third-order valence-corrected chi connectivity index (χ3v) is 12.9. The second-order valence-electron chi connectivity index (χ2n) is 18.8. The molecule has 5 amide bonds. The molecule has 0 spiro atoms. The number of likely N-dealkylation sites (N-methyl/N-ethyl adjacent to an activating group) is 1. The Balaban J connectivity index is 1.17. The Hall–Kier alpha value is -5.43. The smallest absolute Gasteiger partial charge is 0.407 e. The van der Waals surface area contributed by atoms with Gasteiger partial charge in [-0.2, -0.15) is 0 Å². The van der Waals surface area contributed by atoms with Gasteiger partial charge in [-0.15, -0.1) is 0 Å². The number of hydrogen-bond acceptors (Lipinski definition) is 8. The SMILES string of the molecule is CN[C@H](C(=O)N1CCC[C@H]1C(=O)Nc1ccc([C@@H]2CC[C@@H](c3ccc(NC(=O)[C@@H]4CCCN4C(=O)C(NC(=O)OC)C(C)C)cc3)N2c2ccc(C(C)(C)C)cc2)cc1)C(C)C. The Bertz CT molecular complexity index is 2050. The van der Waals surface area contributed by atoms with Gasteiger partial charge in [0.2, 0.25) is 23.6 Å². The van der Waals surface area contributed by atoms with E-state index in [0.29, 0.717) is 43.7 Å². The highest BCUT2D eigenvalue weighted by Gasteiger charge is 2.40. The second kappa shape index (κ2) is 19.7. The van der Waals surface area contributed by atoms with Crippen molar-refractivity contribution in [2.75, 3.05) is 42.8 Å². The van der Waals surface area contributed by atoms with Crippen LogP contribution in [-0.2, 0) is 29.3 Å². The minimum absolute atomic E-state index is 0.00755. The highest BCUT2D eigenvalue weighted by Crippen LogP contribution is 2.47. The molecule has 13 nitrogen and oxygen atoms in total. The lowest BCUT2D eigenvalue weighted by molar-refractivity contribution is -0.139. The van der Waals surface area contributed by atoms with Gasteiger partial charge in [-0.1, -0.05) is 84.9 Å². The van der Waals surface area contributed by atoms with E-state index in [2.05, 4.69) is 95.5 Å². The van der Waals surface area contributed by atoms with Gasteiger partial charge in [0, 0.05) is 30.2 Å². The molecule has 3 fully saturated rings. The van der Waals surface area contributed by atoms with Gasteiger partial charge < -0.3 is 40.7 Å². The number of nitrogens with one attached hydrogen (secondary N) is 4. The van der Waals surface area contributed by atoms with E-state index in [1.54, 1.807) is 16.8 Å². The fourth-order valence-electron chi connectivity index (χ4n) is 9.39. The van der Waals surface area contributed by atoms with Crippen molar-refractivity contribution in [1.82, 2.24) is 20.4 Å². The van der Waals surface area contributed by atoms with Crippen molar-refractivity contribution in [1.29, 1.82) is 0 Å². The van der Waals surface area contributed by atoms with Gasteiger partial charge in [0.1, 0.15) is 18.1 Å². The largest absolute Gasteiger partial charge is 0.453 e. The lowest BCUT2D eigenvalue weighted by Gasteiger charge is -2.34. The molecule has 334 valence electrons. The number of methoxy groups -OCH3 is 1. The van der Waals surface area contributed by atoms with Crippen LogP contribution < -0.4 is 26.2 Å². The average molecular weight is 850 g/mol. The molecule has 3 aromatic carbocycles. The first-order valence-corrected chi connectivity index (χ1v) is 22.4. The highest BCUT2D eigenvalue weighted by atomic mass is 16.5. The summed E-state index contributed by atoms with van der Waals surface area (Å²) in [6, 6.07) is 22.8. The number of likely N-dealkylation sites (tertiary alicyclic amines) is 2. The van der Waals surface area contributed by atoms with Gasteiger partial charge >= 0.3 is 6.09 Å². The van der Waals surface area contributed by atoms with Crippen molar-refractivity contribution < 1.29 is 28.7 Å². The van der Waals surface area contributed by atoms with Gasteiger partial charge in [0.05, 0.1) is 25.2 Å². The predicted octanol–water partition coefficient (Wildman–Crippen LogP) is 7.55. The molecule has 0 bridgehead atoms. The molecule has 0 radical (unpaired) electrons. The van der Waals surface area contributed by atoms with E-state index in [0.717, 1.165) is 36.1 Å². The maximum Gasteiger partial charge on any atom is 0.407 e. The molecule has 0 aromatic heterocycles. The molecular formula is C49H67N7O6. The van der Waals surface area contributed by atoms with Crippen LogP contribution in [0, 0.1) is 11.8 Å². The van der Waals surface area contributed by atoms with Crippen molar-refractivity contribution in [3.63, 3.8) is 0 Å². The number of ether oxygens (including phenoxy) is 1. The van der Waals surface area contributed by atoms with Gasteiger partial charge in [0.25, 0.3) is 0 Å². The Morgan fingerprint density at radius 2 is 1.06 bits per heavy atom. The molecule has 3 heterocycles. The molecule has 13 heteroatoms. The zero-order valence-electron chi connectivity index (χ0n) is 38.0. The molecule has 0 saturated carbocycles. The number of benzene rings is 3. The summed E-state index contributed by atoms with van der Waals surface area (Å²) in [4.78, 5) is 72.0. The zero-order chi connectivity index (χ0) is 44.9. The molecule has 62 heavy (non-hydrogen) atoms. The summed E-state index contributed by atoms with van der Waals surface area (Å²) < 4.78 is 4.75. The van der Waals surface area contributed by atoms with Crippen molar-refractivity contribution in [2.45, 2.75) is 129 Å². The zero-order valence-corrected chi connectivity index (χ0v) is 38.0. The fourth-order valence-corrected chi connectivity index (χ4v) is 9.39. The van der Waals surface area contributed by atoms with Crippen LogP contribution >= 0.6 is 0 Å². The van der Waals surface area contributed by atoms with Gasteiger partial charge in [-0.05, 0) is 116 Å². The summed E-state index contributed by atoms with van der Waals surface area (Å²) in [6.45, 7) is 15.4. The van der Waals surface area contributed by atoms with E-state index in [1.165, 1.54) is 12.7 Å². The number of hydrogen-bond donors (Lipinski definition) is 4. The Morgan fingerprint density at radius 1 is 0.629 bits per heavy atom. The van der Waals surface area contributed by atoms with Crippen LogP contribution in [0.15, 0.2) is 72.8 Å². The quantitative estimate of drug-likeness (QED) is 0.138. The number of anilines is 3. The summed E-state index contributed by atoms with van der Waals surface area (Å²) in [6.07, 6.45) is 3.79. The normalized spacial score (nSPS) is 21.2. The van der Waals surface area contributed by atoms with E-state index < -0.39 is 24.2 Å². The molecule has 1 unspecified atom stereocenters. The molecule has 3 aliphatic heterocycles. The van der Waals surface area contributed by atoms with E-state index in [9.17, 15) is 24.0 Å². The lowest BCUT2D eigenvalue weighted by atomic mass is 9.87. The summed E-state index contributed by atoms with van der Waals surface area (Å²) in [5.74, 6) is -0.821. The third-order valence-electron chi connectivity index (χ3n) is 12.9. The van der Waals surface area contributed by atoms with Crippen LogP contribution in [0.3, 0.4) is 0 Å². The average Bonchev–Trinajstić information content (AvgIpc) is 4.04. The van der Waals surface area contributed by atoms with Crippen molar-refractivity contribution in [2.24, 2.45) is 11.8 Å². The molecule has 4 N–H and O–H groups in total. The Kier molecular flexibility index (Phi) is 14.7. The van der Waals surface area contributed by atoms with E-state index in [4.69, 9.17) is 4.74 Å². The standard InChI is InChI=1S/C49H67N7O6/c1-30(2)42(50-8)46(59)54-28-10-12-40(54)44(57)51-35-20-14-32(15-21-35)38-26-27-39(56(38)37-24-18-34(19-25-37)49(5,6)7)33-16-22-36(23-17-33)52-45(58)41-13-11-29-55(41)47(60)43(31(3)4)53-48(61)62-9/h14-25,30-31,38-43,50H,10-13,26-29H2,1-9H3,(H,51,57)(H,52,58)(H,53,61)/t38-,39-,40-,41-,42-,43?/m0/s1. The van der Waals surface area contributed by atoms with Crippen LogP contribution in [0.25, 0.3) is 0 Å². The molecule has 3 aliphatic rings. The van der Waals surface area contributed by atoms with Gasteiger partial charge in [-0.25, -0.2) is 4.79 Å². The van der Waals surface area contributed by atoms with Crippen molar-refractivity contribution in [3.8, 4) is 0 Å². The minimum Gasteiger partial charge on any atom is -0.453 e. The molecule has 0 aliphatic carbocycles. The maximum absolute atomic E-state index is 13.7. The van der Waals surface area contributed by atoms with Crippen LogP contribution in [-0.4, -0.2) is 90.9 Å². The first-order chi connectivity index (χ1) is 29.5. The molecular weight excluding hydrogens is 783 g/mol. The molecule has 6 rings (SSSR count). The summed E-state index contributed by atoms with van der Waals surface area (Å²) in [5, 5.41) is 11.9. The predicted molar refractivity (Wildman–Crippen MR) is 244 cm³/mol. The minimum atomic E-state index is -0.802. The van der Waals surface area contributed by atoms with E-state index in [-0.39, 0.29) is 59.0 Å². The summed E-state index contributed by atoms with van der Waals surface area (Å²) >= 11 is 0. The number of nitrogens with zero attached hydrogens (tertiary/aromatic N) is 3. The first kappa shape index (κ1) is 46.1.